The highest BCUT2D eigenvalue weighted by Crippen LogP contribution is 1.87. The first-order valence-electron chi connectivity index (χ1n) is 4.86. The predicted molar refractivity (Wildman–Crippen MR) is 55.7 cm³/mol. The third kappa shape index (κ3) is 23.7. The number of quaternary nitrogens is 1. The summed E-state index contributed by atoms with van der Waals surface area (Å²) in [6.45, 7) is -0.800. The third-order valence-corrected chi connectivity index (χ3v) is 1.04. The van der Waals surface area contributed by atoms with Gasteiger partial charge in [-0.2, -0.15) is 0 Å². The van der Waals surface area contributed by atoms with Gasteiger partial charge in [-0.3, -0.25) is 0 Å². The minimum atomic E-state index is -0.916. The van der Waals surface area contributed by atoms with Crippen molar-refractivity contribution < 1.29 is 42.5 Å². The van der Waals surface area contributed by atoms with Crippen LogP contribution in [0.3, 0.4) is 0 Å². The molecule has 0 fully saturated rings. The molecule has 6 nitrogen and oxygen atoms in total. The van der Waals surface area contributed by atoms with Crippen molar-refractivity contribution in [2.75, 3.05) is 47.6 Å². The highest BCUT2D eigenvalue weighted by atomic mass is 35.5. The first-order valence-corrected chi connectivity index (χ1v) is 4.86. The average molecular weight is 262 g/mol. The lowest BCUT2D eigenvalue weighted by Gasteiger charge is -2.10. The van der Waals surface area contributed by atoms with E-state index in [0.717, 1.165) is 0 Å². The SMILES string of the molecule is C[NH+](C)C.OCC(O)COCC(O)CO.[Cl-]. The van der Waals surface area contributed by atoms with Crippen LogP contribution in [0.4, 0.5) is 0 Å². The normalized spacial score (nSPS) is 13.5. The number of halogens is 1. The lowest BCUT2D eigenvalue weighted by atomic mass is 10.4. The number of ether oxygens (including phenoxy) is 1. The lowest BCUT2D eigenvalue weighted by Crippen LogP contribution is -3.02. The van der Waals surface area contributed by atoms with E-state index in [1.165, 1.54) is 4.90 Å². The molecule has 0 radical (unpaired) electrons. The first kappa shape index (κ1) is 21.3. The number of hydrogen-bond donors (Lipinski definition) is 5. The minimum Gasteiger partial charge on any atom is -1.00 e. The summed E-state index contributed by atoms with van der Waals surface area (Å²) in [4.78, 5) is 1.42. The summed E-state index contributed by atoms with van der Waals surface area (Å²) in [5, 5.41) is 34.1. The van der Waals surface area contributed by atoms with Crippen molar-refractivity contribution in [3.05, 3.63) is 0 Å². The molecular formula is C9H24ClNO5. The van der Waals surface area contributed by atoms with Gasteiger partial charge >= 0.3 is 0 Å². The maximum Gasteiger partial charge on any atom is 0.100 e. The quantitative estimate of drug-likeness (QED) is 0.328. The van der Waals surface area contributed by atoms with Crippen LogP contribution in [0.15, 0.2) is 0 Å². The summed E-state index contributed by atoms with van der Waals surface area (Å²) < 4.78 is 4.72. The smallest absolute Gasteiger partial charge is 0.100 e. The van der Waals surface area contributed by atoms with Gasteiger partial charge in [0.1, 0.15) is 12.2 Å². The topological polar surface area (TPSA) is 94.6 Å². The zero-order valence-corrected chi connectivity index (χ0v) is 10.8. The van der Waals surface area contributed by atoms with E-state index in [9.17, 15) is 0 Å². The average Bonchev–Trinajstić information content (AvgIpc) is 2.16. The van der Waals surface area contributed by atoms with Gasteiger partial charge in [0.2, 0.25) is 0 Å². The van der Waals surface area contributed by atoms with Gasteiger partial charge in [-0.1, -0.05) is 0 Å². The zero-order valence-electron chi connectivity index (χ0n) is 10.1. The number of aliphatic hydroxyl groups excluding tert-OH is 4. The Morgan fingerprint density at radius 1 is 0.938 bits per heavy atom. The predicted octanol–water partition coefficient (Wildman–Crippen LogP) is -6.53. The van der Waals surface area contributed by atoms with E-state index in [4.69, 9.17) is 25.2 Å². The van der Waals surface area contributed by atoms with Crippen molar-refractivity contribution in [2.45, 2.75) is 12.2 Å². The van der Waals surface area contributed by atoms with Crippen molar-refractivity contribution in [1.82, 2.24) is 0 Å². The van der Waals surface area contributed by atoms with E-state index in [1.54, 1.807) is 0 Å². The first-order chi connectivity index (χ1) is 6.93. The summed E-state index contributed by atoms with van der Waals surface area (Å²) in [7, 11) is 6.25. The Hall–Kier alpha value is 0.0500. The molecule has 102 valence electrons. The number of nitrogens with one attached hydrogen (secondary N) is 1. The molecule has 0 aromatic carbocycles. The van der Waals surface area contributed by atoms with Crippen LogP contribution in [0, 0.1) is 0 Å². The maximum absolute atomic E-state index is 8.72. The minimum absolute atomic E-state index is 0. The third-order valence-electron chi connectivity index (χ3n) is 1.04. The van der Waals surface area contributed by atoms with Crippen molar-refractivity contribution in [3.8, 4) is 0 Å². The molecule has 0 aromatic heterocycles. The van der Waals surface area contributed by atoms with Gasteiger partial charge < -0.3 is 42.5 Å². The molecule has 2 atom stereocenters. The maximum atomic E-state index is 8.72. The van der Waals surface area contributed by atoms with Crippen molar-refractivity contribution >= 4 is 0 Å². The van der Waals surface area contributed by atoms with Crippen molar-refractivity contribution in [1.29, 1.82) is 0 Å². The second-order valence-electron chi connectivity index (χ2n) is 3.71. The van der Waals surface area contributed by atoms with E-state index < -0.39 is 12.2 Å². The Balaban J connectivity index is -0.000000292. The molecule has 0 aliphatic rings. The van der Waals surface area contributed by atoms with E-state index >= 15 is 0 Å². The lowest BCUT2D eigenvalue weighted by molar-refractivity contribution is -0.836. The molecule has 0 rings (SSSR count). The molecular weight excluding hydrogens is 238 g/mol. The van der Waals surface area contributed by atoms with Gasteiger partial charge in [-0.15, -0.1) is 0 Å². The zero-order chi connectivity index (χ0) is 12.3. The van der Waals surface area contributed by atoms with Crippen LogP contribution in [-0.2, 0) is 4.74 Å². The molecule has 16 heavy (non-hydrogen) atoms. The van der Waals surface area contributed by atoms with Crippen molar-refractivity contribution in [3.63, 3.8) is 0 Å². The van der Waals surface area contributed by atoms with Crippen molar-refractivity contribution in [2.24, 2.45) is 0 Å². The van der Waals surface area contributed by atoms with Crippen LogP contribution in [0.25, 0.3) is 0 Å². The molecule has 0 saturated heterocycles. The molecule has 2 unspecified atom stereocenters. The molecule has 0 heterocycles. The summed E-state index contributed by atoms with van der Waals surface area (Å²) in [6.07, 6.45) is -1.83. The summed E-state index contributed by atoms with van der Waals surface area (Å²) in [6, 6.07) is 0. The Labute approximate surface area is 103 Å². The summed E-state index contributed by atoms with van der Waals surface area (Å²) >= 11 is 0. The van der Waals surface area contributed by atoms with Crippen LogP contribution < -0.4 is 17.3 Å². The van der Waals surface area contributed by atoms with Gasteiger partial charge in [0.25, 0.3) is 0 Å². The second-order valence-corrected chi connectivity index (χ2v) is 3.71. The van der Waals surface area contributed by atoms with Crippen LogP contribution in [0.5, 0.6) is 0 Å². The van der Waals surface area contributed by atoms with Crippen LogP contribution in [-0.4, -0.2) is 80.2 Å². The molecule has 0 aromatic rings. The highest BCUT2D eigenvalue weighted by molar-refractivity contribution is 4.52. The molecule has 0 spiro atoms. The monoisotopic (exact) mass is 261 g/mol. The highest BCUT2D eigenvalue weighted by Gasteiger charge is 2.04. The fourth-order valence-electron chi connectivity index (χ4n) is 0.446. The number of aliphatic hydroxyl groups is 4. The van der Waals surface area contributed by atoms with Crippen LogP contribution in [0.1, 0.15) is 0 Å². The molecule has 7 heteroatoms. The Morgan fingerprint density at radius 2 is 1.19 bits per heavy atom. The van der Waals surface area contributed by atoms with Crippen LogP contribution in [0.2, 0.25) is 0 Å². The molecule has 0 saturated carbocycles. The molecule has 0 aliphatic heterocycles. The molecule has 0 amide bonds. The second kappa shape index (κ2) is 15.0. The van der Waals surface area contributed by atoms with E-state index in [1.807, 2.05) is 0 Å². The van der Waals surface area contributed by atoms with Crippen LogP contribution >= 0.6 is 0 Å². The Morgan fingerprint density at radius 3 is 1.38 bits per heavy atom. The summed E-state index contributed by atoms with van der Waals surface area (Å²) in [5.74, 6) is 0. The van der Waals surface area contributed by atoms with E-state index in [2.05, 4.69) is 21.1 Å². The van der Waals surface area contributed by atoms with Gasteiger partial charge in [-0.25, -0.2) is 0 Å². The molecule has 0 aliphatic carbocycles. The fraction of sp³-hybridized carbons (Fsp3) is 1.00. The summed E-state index contributed by atoms with van der Waals surface area (Å²) in [5.41, 5.74) is 0. The van der Waals surface area contributed by atoms with E-state index in [-0.39, 0.29) is 38.8 Å². The fourth-order valence-corrected chi connectivity index (χ4v) is 0.446. The van der Waals surface area contributed by atoms with E-state index in [0.29, 0.717) is 0 Å². The Bertz CT molecular complexity index is 116. The molecule has 5 N–H and O–H groups in total. The Kier molecular flexibility index (Phi) is 20.1. The van der Waals surface area contributed by atoms with Gasteiger partial charge in [-0.05, 0) is 0 Å². The van der Waals surface area contributed by atoms with Gasteiger partial charge in [0.05, 0.1) is 47.6 Å². The number of hydrogen-bond acceptors (Lipinski definition) is 5. The molecule has 0 bridgehead atoms. The largest absolute Gasteiger partial charge is 1.00 e. The number of rotatable bonds is 6. The van der Waals surface area contributed by atoms with Gasteiger partial charge in [0.15, 0.2) is 0 Å². The van der Waals surface area contributed by atoms with Gasteiger partial charge in [0, 0.05) is 0 Å². The standard InChI is InChI=1S/C6H14O5.C3H9N.ClH/c7-1-5(9)3-11-4-6(10)2-8;1-4(2)3;/h5-10H,1-4H2;1-3H3;1H.